The number of thioether (sulfide) groups is 1. The summed E-state index contributed by atoms with van der Waals surface area (Å²) in [5, 5.41) is 9.65. The van der Waals surface area contributed by atoms with Crippen molar-refractivity contribution in [2.75, 3.05) is 11.5 Å². The van der Waals surface area contributed by atoms with E-state index < -0.39 is 0 Å². The minimum absolute atomic E-state index is 0.204. The second kappa shape index (κ2) is 3.59. The maximum atomic E-state index is 9.65. The van der Waals surface area contributed by atoms with Gasteiger partial charge >= 0.3 is 0 Å². The fraction of sp³-hybridized carbons (Fsp3) is 1.00. The van der Waals surface area contributed by atoms with Gasteiger partial charge in [-0.3, -0.25) is 0 Å². The lowest BCUT2D eigenvalue weighted by atomic mass is 9.95. The van der Waals surface area contributed by atoms with Crippen LogP contribution in [0.15, 0.2) is 0 Å². The lowest BCUT2D eigenvalue weighted by Crippen LogP contribution is -2.14. The van der Waals surface area contributed by atoms with Gasteiger partial charge in [0, 0.05) is 0 Å². The number of rotatable bonds is 3. The fourth-order valence-electron chi connectivity index (χ4n) is 1.90. The third-order valence-electron chi connectivity index (χ3n) is 3.19. The molecule has 0 aromatic rings. The molecule has 1 heterocycles. The van der Waals surface area contributed by atoms with Crippen molar-refractivity contribution < 1.29 is 5.11 Å². The Kier molecular flexibility index (Phi) is 2.66. The van der Waals surface area contributed by atoms with Crippen molar-refractivity contribution in [1.82, 2.24) is 0 Å². The molecular formula is C10H18OS. The first kappa shape index (κ1) is 8.89. The highest BCUT2D eigenvalue weighted by atomic mass is 32.2. The average molecular weight is 186 g/mol. The summed E-state index contributed by atoms with van der Waals surface area (Å²) in [6.07, 6.45) is 7.25. The van der Waals surface area contributed by atoms with Gasteiger partial charge in [-0.05, 0) is 55.9 Å². The van der Waals surface area contributed by atoms with Crippen LogP contribution in [0.3, 0.4) is 0 Å². The molecule has 0 bridgehead atoms. The van der Waals surface area contributed by atoms with Crippen LogP contribution < -0.4 is 0 Å². The van der Waals surface area contributed by atoms with Gasteiger partial charge in [-0.15, -0.1) is 0 Å². The van der Waals surface area contributed by atoms with E-state index in [9.17, 15) is 5.11 Å². The van der Waals surface area contributed by atoms with E-state index in [-0.39, 0.29) is 5.60 Å². The maximum Gasteiger partial charge on any atom is 0.0650 e. The molecule has 2 fully saturated rings. The van der Waals surface area contributed by atoms with Gasteiger partial charge in [-0.2, -0.15) is 11.8 Å². The van der Waals surface area contributed by atoms with Crippen LogP contribution >= 0.6 is 11.8 Å². The highest BCUT2D eigenvalue weighted by Gasteiger charge is 2.39. The van der Waals surface area contributed by atoms with Crippen molar-refractivity contribution >= 4 is 11.8 Å². The smallest absolute Gasteiger partial charge is 0.0650 e. The van der Waals surface area contributed by atoms with Crippen LogP contribution in [0.2, 0.25) is 0 Å². The molecule has 0 unspecified atom stereocenters. The molecule has 0 spiro atoms. The Hall–Kier alpha value is 0.310. The van der Waals surface area contributed by atoms with E-state index in [1.54, 1.807) is 0 Å². The molecule has 1 saturated carbocycles. The van der Waals surface area contributed by atoms with E-state index in [0.29, 0.717) is 0 Å². The minimum Gasteiger partial charge on any atom is -0.390 e. The Balaban J connectivity index is 1.65. The lowest BCUT2D eigenvalue weighted by molar-refractivity contribution is 0.129. The first-order valence-electron chi connectivity index (χ1n) is 5.09. The molecule has 2 rings (SSSR count). The van der Waals surface area contributed by atoms with Crippen molar-refractivity contribution in [2.24, 2.45) is 5.92 Å². The Labute approximate surface area is 78.9 Å². The number of aliphatic hydroxyl groups is 1. The fourth-order valence-corrected chi connectivity index (χ4v) is 3.11. The molecule has 2 aliphatic rings. The first-order valence-corrected chi connectivity index (χ1v) is 6.24. The van der Waals surface area contributed by atoms with Crippen LogP contribution in [0, 0.1) is 5.92 Å². The van der Waals surface area contributed by atoms with Gasteiger partial charge in [0.25, 0.3) is 0 Å². The Bertz CT molecular complexity index is 148. The van der Waals surface area contributed by atoms with E-state index in [1.165, 1.54) is 30.8 Å². The van der Waals surface area contributed by atoms with Crippen LogP contribution in [0.1, 0.15) is 38.5 Å². The maximum absolute atomic E-state index is 9.65. The molecule has 70 valence electrons. The van der Waals surface area contributed by atoms with Crippen LogP contribution in [0.25, 0.3) is 0 Å². The molecule has 0 aromatic heterocycles. The van der Waals surface area contributed by atoms with E-state index >= 15 is 0 Å². The Morgan fingerprint density at radius 3 is 2.50 bits per heavy atom. The van der Waals surface area contributed by atoms with Crippen LogP contribution in [-0.2, 0) is 0 Å². The molecule has 0 amide bonds. The first-order chi connectivity index (χ1) is 5.79. The number of hydrogen-bond donors (Lipinski definition) is 1. The summed E-state index contributed by atoms with van der Waals surface area (Å²) in [7, 11) is 0. The van der Waals surface area contributed by atoms with E-state index in [1.807, 2.05) is 0 Å². The summed E-state index contributed by atoms with van der Waals surface area (Å²) < 4.78 is 0. The van der Waals surface area contributed by atoms with Crippen molar-refractivity contribution in [3.63, 3.8) is 0 Å². The monoisotopic (exact) mass is 186 g/mol. The highest BCUT2D eigenvalue weighted by Crippen LogP contribution is 2.41. The Morgan fingerprint density at radius 1 is 1.25 bits per heavy atom. The zero-order valence-electron chi connectivity index (χ0n) is 7.59. The molecule has 1 nitrogen and oxygen atoms in total. The molecule has 1 aliphatic heterocycles. The normalized spacial score (nSPS) is 28.8. The average Bonchev–Trinajstić information content (AvgIpc) is 2.84. The lowest BCUT2D eigenvalue weighted by Gasteiger charge is -2.22. The van der Waals surface area contributed by atoms with Gasteiger partial charge in [-0.25, -0.2) is 0 Å². The largest absolute Gasteiger partial charge is 0.390 e. The van der Waals surface area contributed by atoms with Gasteiger partial charge < -0.3 is 5.11 Å². The summed E-state index contributed by atoms with van der Waals surface area (Å²) in [6, 6.07) is 0. The predicted octanol–water partition coefficient (Wildman–Crippen LogP) is 2.43. The van der Waals surface area contributed by atoms with Crippen LogP contribution in [0.5, 0.6) is 0 Å². The van der Waals surface area contributed by atoms with Crippen molar-refractivity contribution in [3.8, 4) is 0 Å². The van der Waals surface area contributed by atoms with Gasteiger partial charge in [-0.1, -0.05) is 0 Å². The third kappa shape index (κ3) is 2.40. The van der Waals surface area contributed by atoms with E-state index in [0.717, 1.165) is 25.2 Å². The molecule has 0 aromatic carbocycles. The molecule has 12 heavy (non-hydrogen) atoms. The highest BCUT2D eigenvalue weighted by molar-refractivity contribution is 7.99. The summed E-state index contributed by atoms with van der Waals surface area (Å²) in [6.45, 7) is 0. The molecular weight excluding hydrogens is 168 g/mol. The second-order valence-corrected chi connectivity index (χ2v) is 5.54. The Morgan fingerprint density at radius 2 is 1.92 bits per heavy atom. The zero-order chi connectivity index (χ0) is 8.44. The summed E-state index contributed by atoms with van der Waals surface area (Å²) in [4.78, 5) is 0. The molecule has 1 aliphatic carbocycles. The summed E-state index contributed by atoms with van der Waals surface area (Å²) in [5.41, 5.74) is -0.204. The molecule has 0 atom stereocenters. The molecule has 1 saturated heterocycles. The summed E-state index contributed by atoms with van der Waals surface area (Å²) >= 11 is 2.09. The SMILES string of the molecule is OC1(CCC2CCSCC2)CC1. The van der Waals surface area contributed by atoms with E-state index in [4.69, 9.17) is 0 Å². The topological polar surface area (TPSA) is 20.2 Å². The van der Waals surface area contributed by atoms with Crippen molar-refractivity contribution in [3.05, 3.63) is 0 Å². The van der Waals surface area contributed by atoms with Crippen LogP contribution in [0.4, 0.5) is 0 Å². The van der Waals surface area contributed by atoms with Crippen molar-refractivity contribution in [1.29, 1.82) is 0 Å². The van der Waals surface area contributed by atoms with Gasteiger partial charge in [0.05, 0.1) is 5.60 Å². The van der Waals surface area contributed by atoms with E-state index in [2.05, 4.69) is 11.8 Å². The summed E-state index contributed by atoms with van der Waals surface area (Å²) in [5.74, 6) is 3.63. The predicted molar refractivity (Wildman–Crippen MR) is 53.5 cm³/mol. The zero-order valence-corrected chi connectivity index (χ0v) is 8.41. The second-order valence-electron chi connectivity index (χ2n) is 4.32. The van der Waals surface area contributed by atoms with Crippen molar-refractivity contribution in [2.45, 2.75) is 44.1 Å². The minimum atomic E-state index is -0.204. The molecule has 2 heteroatoms. The van der Waals surface area contributed by atoms with Gasteiger partial charge in [0.1, 0.15) is 0 Å². The van der Waals surface area contributed by atoms with Gasteiger partial charge in [0.2, 0.25) is 0 Å². The standard InChI is InChI=1S/C10H18OS/c11-10(5-6-10)4-1-9-2-7-12-8-3-9/h9,11H,1-8H2. The number of hydrogen-bond acceptors (Lipinski definition) is 2. The van der Waals surface area contributed by atoms with Gasteiger partial charge in [0.15, 0.2) is 0 Å². The quantitative estimate of drug-likeness (QED) is 0.730. The third-order valence-corrected chi connectivity index (χ3v) is 4.23. The van der Waals surface area contributed by atoms with Crippen LogP contribution in [-0.4, -0.2) is 22.2 Å². The molecule has 0 radical (unpaired) electrons. The molecule has 1 N–H and O–H groups in total.